The molecule has 0 aromatic heterocycles. The Balaban J connectivity index is 1.71. The van der Waals surface area contributed by atoms with Crippen molar-refractivity contribution in [1.29, 1.82) is 0 Å². The highest BCUT2D eigenvalue weighted by molar-refractivity contribution is 5.79. The SMILES string of the molecule is CCOC(=O)CCNCC(=O)N1CCCC2CCCCC21. The van der Waals surface area contributed by atoms with Gasteiger partial charge in [0.25, 0.3) is 0 Å². The third kappa shape index (κ3) is 4.70. The molecule has 0 aromatic carbocycles. The van der Waals surface area contributed by atoms with E-state index in [0.29, 0.717) is 32.2 Å². The lowest BCUT2D eigenvalue weighted by Crippen LogP contribution is -2.52. The van der Waals surface area contributed by atoms with E-state index in [4.69, 9.17) is 4.74 Å². The van der Waals surface area contributed by atoms with Gasteiger partial charge in [0, 0.05) is 19.1 Å². The summed E-state index contributed by atoms with van der Waals surface area (Å²) in [4.78, 5) is 25.7. The van der Waals surface area contributed by atoms with Crippen LogP contribution in [0.3, 0.4) is 0 Å². The van der Waals surface area contributed by atoms with Crippen molar-refractivity contribution in [2.45, 2.75) is 57.9 Å². The fraction of sp³-hybridized carbons (Fsp3) is 0.875. The minimum absolute atomic E-state index is 0.190. The van der Waals surface area contributed by atoms with E-state index in [0.717, 1.165) is 18.9 Å². The maximum atomic E-state index is 12.4. The van der Waals surface area contributed by atoms with E-state index in [-0.39, 0.29) is 11.9 Å². The van der Waals surface area contributed by atoms with Gasteiger partial charge in [-0.3, -0.25) is 9.59 Å². The molecular weight excluding hydrogens is 268 g/mol. The zero-order valence-corrected chi connectivity index (χ0v) is 13.1. The Morgan fingerprint density at radius 3 is 2.76 bits per heavy atom. The molecule has 0 bridgehead atoms. The first-order chi connectivity index (χ1) is 10.2. The van der Waals surface area contributed by atoms with Crippen LogP contribution >= 0.6 is 0 Å². The maximum Gasteiger partial charge on any atom is 0.307 e. The van der Waals surface area contributed by atoms with Crippen molar-refractivity contribution in [3.63, 3.8) is 0 Å². The Kier molecular flexibility index (Phi) is 6.49. The summed E-state index contributed by atoms with van der Waals surface area (Å²) in [5.74, 6) is 0.703. The predicted octanol–water partition coefficient (Wildman–Crippen LogP) is 1.71. The maximum absolute atomic E-state index is 12.4. The first kappa shape index (κ1) is 16.3. The number of esters is 1. The van der Waals surface area contributed by atoms with Crippen molar-refractivity contribution in [2.75, 3.05) is 26.2 Å². The molecule has 1 saturated heterocycles. The van der Waals surface area contributed by atoms with Gasteiger partial charge in [-0.25, -0.2) is 0 Å². The molecule has 0 aromatic rings. The van der Waals surface area contributed by atoms with Crippen LogP contribution in [0.5, 0.6) is 0 Å². The zero-order valence-electron chi connectivity index (χ0n) is 13.1. The fourth-order valence-electron chi connectivity index (χ4n) is 3.65. The average molecular weight is 296 g/mol. The number of nitrogens with zero attached hydrogens (tertiary/aromatic N) is 1. The quantitative estimate of drug-likeness (QED) is 0.599. The fourth-order valence-corrected chi connectivity index (χ4v) is 3.65. The summed E-state index contributed by atoms with van der Waals surface area (Å²) in [5, 5.41) is 3.08. The Labute approximate surface area is 127 Å². The van der Waals surface area contributed by atoms with Crippen molar-refractivity contribution in [3.05, 3.63) is 0 Å². The van der Waals surface area contributed by atoms with Gasteiger partial charge in [0.2, 0.25) is 5.91 Å². The molecule has 1 N–H and O–H groups in total. The topological polar surface area (TPSA) is 58.6 Å². The van der Waals surface area contributed by atoms with Crippen LogP contribution in [-0.4, -0.2) is 49.1 Å². The zero-order chi connectivity index (χ0) is 15.1. The molecule has 0 radical (unpaired) electrons. The summed E-state index contributed by atoms with van der Waals surface area (Å²) >= 11 is 0. The number of hydrogen-bond donors (Lipinski definition) is 1. The van der Waals surface area contributed by atoms with Gasteiger partial charge in [-0.2, -0.15) is 0 Å². The highest BCUT2D eigenvalue weighted by Crippen LogP contribution is 2.35. The minimum atomic E-state index is -0.206. The molecule has 2 aliphatic rings. The van der Waals surface area contributed by atoms with Crippen molar-refractivity contribution in [2.24, 2.45) is 5.92 Å². The molecule has 5 nitrogen and oxygen atoms in total. The number of likely N-dealkylation sites (tertiary alicyclic amines) is 1. The summed E-state index contributed by atoms with van der Waals surface area (Å²) in [6, 6.07) is 0.465. The summed E-state index contributed by atoms with van der Waals surface area (Å²) in [6.45, 7) is 3.95. The van der Waals surface area contributed by atoms with Crippen LogP contribution in [-0.2, 0) is 14.3 Å². The second-order valence-electron chi connectivity index (χ2n) is 6.07. The van der Waals surface area contributed by atoms with Gasteiger partial charge in [-0.1, -0.05) is 12.8 Å². The van der Waals surface area contributed by atoms with E-state index >= 15 is 0 Å². The van der Waals surface area contributed by atoms with Crippen LogP contribution in [0.25, 0.3) is 0 Å². The van der Waals surface area contributed by atoms with E-state index in [2.05, 4.69) is 10.2 Å². The van der Waals surface area contributed by atoms with Crippen molar-refractivity contribution >= 4 is 11.9 Å². The van der Waals surface area contributed by atoms with Crippen LogP contribution in [0.4, 0.5) is 0 Å². The Morgan fingerprint density at radius 2 is 1.95 bits per heavy atom. The number of hydrogen-bond acceptors (Lipinski definition) is 4. The number of fused-ring (bicyclic) bond motifs is 1. The van der Waals surface area contributed by atoms with E-state index in [1.54, 1.807) is 6.92 Å². The van der Waals surface area contributed by atoms with Crippen molar-refractivity contribution in [1.82, 2.24) is 10.2 Å². The Morgan fingerprint density at radius 1 is 1.19 bits per heavy atom. The summed E-state index contributed by atoms with van der Waals surface area (Å²) in [6.07, 6.45) is 7.76. The molecule has 1 aliphatic carbocycles. The van der Waals surface area contributed by atoms with E-state index in [1.807, 2.05) is 0 Å². The number of rotatable bonds is 6. The van der Waals surface area contributed by atoms with Crippen LogP contribution in [0.2, 0.25) is 0 Å². The minimum Gasteiger partial charge on any atom is -0.466 e. The van der Waals surface area contributed by atoms with Crippen molar-refractivity contribution in [3.8, 4) is 0 Å². The molecule has 2 rings (SSSR count). The molecule has 2 unspecified atom stereocenters. The van der Waals surface area contributed by atoms with E-state index in [9.17, 15) is 9.59 Å². The van der Waals surface area contributed by atoms with Gasteiger partial charge in [0.05, 0.1) is 19.6 Å². The van der Waals surface area contributed by atoms with Gasteiger partial charge < -0.3 is 15.0 Å². The van der Waals surface area contributed by atoms with Crippen LogP contribution < -0.4 is 5.32 Å². The summed E-state index contributed by atoms with van der Waals surface area (Å²) < 4.78 is 4.86. The molecule has 1 heterocycles. The third-order valence-electron chi connectivity index (χ3n) is 4.65. The van der Waals surface area contributed by atoms with Crippen LogP contribution in [0.1, 0.15) is 51.9 Å². The highest BCUT2D eigenvalue weighted by atomic mass is 16.5. The number of ether oxygens (including phenoxy) is 1. The number of carbonyl (C=O) groups is 2. The van der Waals surface area contributed by atoms with Gasteiger partial charge in [0.15, 0.2) is 0 Å². The van der Waals surface area contributed by atoms with Gasteiger partial charge >= 0.3 is 5.97 Å². The standard InChI is InChI=1S/C16H28N2O3/c1-2-21-16(20)9-10-17-12-15(19)18-11-5-7-13-6-3-4-8-14(13)18/h13-14,17H,2-12H2,1H3. The molecule has 1 saturated carbocycles. The first-order valence-corrected chi connectivity index (χ1v) is 8.38. The number of piperidine rings is 1. The predicted molar refractivity (Wildman–Crippen MR) is 80.8 cm³/mol. The molecular formula is C16H28N2O3. The lowest BCUT2D eigenvalue weighted by atomic mass is 9.78. The average Bonchev–Trinajstić information content (AvgIpc) is 2.51. The van der Waals surface area contributed by atoms with Gasteiger partial charge in [-0.15, -0.1) is 0 Å². The van der Waals surface area contributed by atoms with Crippen LogP contribution in [0, 0.1) is 5.92 Å². The normalized spacial score (nSPS) is 25.3. The molecule has 1 amide bonds. The smallest absolute Gasteiger partial charge is 0.307 e. The molecule has 5 heteroatoms. The molecule has 1 aliphatic heterocycles. The summed E-state index contributed by atoms with van der Waals surface area (Å²) in [5.41, 5.74) is 0. The number of carbonyl (C=O) groups excluding carboxylic acids is 2. The van der Waals surface area contributed by atoms with E-state index in [1.165, 1.54) is 32.1 Å². The molecule has 2 fully saturated rings. The molecule has 21 heavy (non-hydrogen) atoms. The second-order valence-corrected chi connectivity index (χ2v) is 6.07. The third-order valence-corrected chi connectivity index (χ3v) is 4.65. The Bertz CT molecular complexity index is 357. The molecule has 2 atom stereocenters. The monoisotopic (exact) mass is 296 g/mol. The molecule has 0 spiro atoms. The largest absolute Gasteiger partial charge is 0.466 e. The Hall–Kier alpha value is -1.10. The van der Waals surface area contributed by atoms with Gasteiger partial charge in [0.1, 0.15) is 0 Å². The second kappa shape index (κ2) is 8.37. The molecule has 120 valence electrons. The lowest BCUT2D eigenvalue weighted by Gasteiger charge is -2.44. The summed E-state index contributed by atoms with van der Waals surface area (Å²) in [7, 11) is 0. The first-order valence-electron chi connectivity index (χ1n) is 8.38. The highest BCUT2D eigenvalue weighted by Gasteiger charge is 2.35. The van der Waals surface area contributed by atoms with Gasteiger partial charge in [-0.05, 0) is 38.5 Å². The lowest BCUT2D eigenvalue weighted by molar-refractivity contribution is -0.143. The van der Waals surface area contributed by atoms with Crippen molar-refractivity contribution < 1.29 is 14.3 Å². The number of amides is 1. The van der Waals surface area contributed by atoms with Crippen LogP contribution in [0.15, 0.2) is 0 Å². The van der Waals surface area contributed by atoms with E-state index < -0.39 is 0 Å². The number of nitrogens with one attached hydrogen (secondary N) is 1.